The van der Waals surface area contributed by atoms with Crippen molar-refractivity contribution in [2.24, 2.45) is 0 Å². The second-order valence-corrected chi connectivity index (χ2v) is 6.62. The predicted molar refractivity (Wildman–Crippen MR) is 111 cm³/mol. The number of benzene rings is 3. The molecule has 0 unspecified atom stereocenters. The number of Topliss-reactive ketones (excluding diaryl/α,β-unsaturated/α-hetero) is 1. The van der Waals surface area contributed by atoms with Crippen LogP contribution in [0.25, 0.3) is 0 Å². The van der Waals surface area contributed by atoms with Crippen LogP contribution in [0.2, 0.25) is 0 Å². The van der Waals surface area contributed by atoms with Gasteiger partial charge in [-0.3, -0.25) is 4.79 Å². The molecule has 0 spiro atoms. The molecule has 1 N–H and O–H groups in total. The summed E-state index contributed by atoms with van der Waals surface area (Å²) in [5.41, 5.74) is 3.04. The van der Waals surface area contributed by atoms with Crippen molar-refractivity contribution >= 4 is 5.78 Å². The minimum absolute atomic E-state index is 0.155. The molecule has 5 heteroatoms. The number of rotatable bonds is 9. The Morgan fingerprint density at radius 3 is 2.45 bits per heavy atom. The molecule has 0 radical (unpaired) electrons. The summed E-state index contributed by atoms with van der Waals surface area (Å²) in [7, 11) is 1.56. The summed E-state index contributed by atoms with van der Waals surface area (Å²) in [6.45, 7) is 1.94. The van der Waals surface area contributed by atoms with Gasteiger partial charge in [0.2, 0.25) is 5.78 Å². The highest BCUT2D eigenvalue weighted by molar-refractivity contribution is 6.00. The molecule has 0 heterocycles. The number of ketones is 1. The molecule has 0 saturated heterocycles. The number of aliphatic hydroxyl groups is 1. The summed E-state index contributed by atoms with van der Waals surface area (Å²) in [4.78, 5) is 12.8. The fourth-order valence-electron chi connectivity index (χ4n) is 2.86. The van der Waals surface area contributed by atoms with Crippen molar-refractivity contribution in [2.45, 2.75) is 20.1 Å². The second kappa shape index (κ2) is 9.75. The zero-order valence-electron chi connectivity index (χ0n) is 16.6. The Balaban J connectivity index is 1.76. The first-order valence-electron chi connectivity index (χ1n) is 9.32. The molecular formula is C24H24O5. The Labute approximate surface area is 170 Å². The Bertz CT molecular complexity index is 966. The third-order valence-electron chi connectivity index (χ3n) is 4.48. The van der Waals surface area contributed by atoms with Crippen LogP contribution in [0.1, 0.15) is 27.0 Å². The molecule has 0 fully saturated rings. The fraction of sp³-hybridized carbons (Fsp3) is 0.208. The Morgan fingerprint density at radius 1 is 0.931 bits per heavy atom. The van der Waals surface area contributed by atoms with Gasteiger partial charge in [0.05, 0.1) is 19.3 Å². The molecular weight excluding hydrogens is 368 g/mol. The summed E-state index contributed by atoms with van der Waals surface area (Å²) in [6.07, 6.45) is 0. The molecule has 0 atom stereocenters. The first kappa shape index (κ1) is 20.4. The fourth-order valence-corrected chi connectivity index (χ4v) is 2.86. The average Bonchev–Trinajstić information content (AvgIpc) is 2.76. The van der Waals surface area contributed by atoms with E-state index in [1.54, 1.807) is 37.4 Å². The standard InChI is InChI=1S/C24H24O5/c1-17-8-9-19(14-25)23(12-17)29-16-22(26)21-11-10-20(27-2)13-24(21)28-15-18-6-4-3-5-7-18/h3-13,25H,14-16H2,1-2H3. The van der Waals surface area contributed by atoms with E-state index < -0.39 is 0 Å². The van der Waals surface area contributed by atoms with E-state index in [9.17, 15) is 9.90 Å². The molecule has 0 aromatic heterocycles. The van der Waals surface area contributed by atoms with E-state index in [1.807, 2.05) is 43.3 Å². The quantitative estimate of drug-likeness (QED) is 0.549. The van der Waals surface area contributed by atoms with E-state index in [4.69, 9.17) is 14.2 Å². The van der Waals surface area contributed by atoms with Crippen molar-refractivity contribution in [3.05, 3.63) is 89.0 Å². The van der Waals surface area contributed by atoms with Gasteiger partial charge in [0, 0.05) is 11.6 Å². The van der Waals surface area contributed by atoms with Gasteiger partial charge in [-0.15, -0.1) is 0 Å². The first-order valence-corrected chi connectivity index (χ1v) is 9.32. The van der Waals surface area contributed by atoms with Crippen LogP contribution < -0.4 is 14.2 Å². The number of carbonyl (C=O) groups excluding carboxylic acids is 1. The molecule has 3 aromatic carbocycles. The van der Waals surface area contributed by atoms with E-state index in [-0.39, 0.29) is 19.0 Å². The Morgan fingerprint density at radius 2 is 1.72 bits per heavy atom. The minimum atomic E-state index is -0.221. The van der Waals surface area contributed by atoms with Gasteiger partial charge in [0.1, 0.15) is 23.9 Å². The first-order chi connectivity index (χ1) is 14.1. The van der Waals surface area contributed by atoms with E-state index >= 15 is 0 Å². The van der Waals surface area contributed by atoms with E-state index in [0.29, 0.717) is 35.0 Å². The number of carbonyl (C=O) groups is 1. The topological polar surface area (TPSA) is 65.0 Å². The highest BCUT2D eigenvalue weighted by atomic mass is 16.5. The molecule has 3 rings (SSSR count). The van der Waals surface area contributed by atoms with Gasteiger partial charge in [-0.2, -0.15) is 0 Å². The normalized spacial score (nSPS) is 10.4. The maximum Gasteiger partial charge on any atom is 0.203 e. The van der Waals surface area contributed by atoms with Crippen molar-refractivity contribution < 1.29 is 24.1 Å². The monoisotopic (exact) mass is 392 g/mol. The van der Waals surface area contributed by atoms with Crippen LogP contribution in [0.3, 0.4) is 0 Å². The number of methoxy groups -OCH3 is 1. The number of aliphatic hydroxyl groups excluding tert-OH is 1. The molecule has 0 aliphatic heterocycles. The van der Waals surface area contributed by atoms with Crippen molar-refractivity contribution in [3.8, 4) is 17.2 Å². The van der Waals surface area contributed by atoms with Crippen LogP contribution >= 0.6 is 0 Å². The van der Waals surface area contributed by atoms with E-state index in [1.165, 1.54) is 0 Å². The maximum absolute atomic E-state index is 12.8. The van der Waals surface area contributed by atoms with Gasteiger partial charge in [-0.1, -0.05) is 42.5 Å². The van der Waals surface area contributed by atoms with Crippen molar-refractivity contribution in [1.29, 1.82) is 0 Å². The third-order valence-corrected chi connectivity index (χ3v) is 4.48. The number of hydrogen-bond acceptors (Lipinski definition) is 5. The van der Waals surface area contributed by atoms with Crippen molar-refractivity contribution in [1.82, 2.24) is 0 Å². The molecule has 0 saturated carbocycles. The van der Waals surface area contributed by atoms with Crippen LogP contribution in [0.5, 0.6) is 17.2 Å². The molecule has 29 heavy (non-hydrogen) atoms. The van der Waals surface area contributed by atoms with Crippen LogP contribution in [0.4, 0.5) is 0 Å². The largest absolute Gasteiger partial charge is 0.497 e. The Hall–Kier alpha value is -3.31. The van der Waals surface area contributed by atoms with Gasteiger partial charge in [-0.25, -0.2) is 0 Å². The second-order valence-electron chi connectivity index (χ2n) is 6.62. The predicted octanol–water partition coefficient (Wildman–Crippen LogP) is 4.34. The van der Waals surface area contributed by atoms with Gasteiger partial charge >= 0.3 is 0 Å². The summed E-state index contributed by atoms with van der Waals surface area (Å²) < 4.78 is 16.9. The van der Waals surface area contributed by atoms with Gasteiger partial charge in [0.25, 0.3) is 0 Å². The van der Waals surface area contributed by atoms with Gasteiger partial charge < -0.3 is 19.3 Å². The zero-order chi connectivity index (χ0) is 20.6. The average molecular weight is 392 g/mol. The summed E-state index contributed by atoms with van der Waals surface area (Å²) in [6, 6.07) is 20.3. The van der Waals surface area contributed by atoms with Gasteiger partial charge in [-0.05, 0) is 36.2 Å². The zero-order valence-corrected chi connectivity index (χ0v) is 16.6. The molecule has 5 nitrogen and oxygen atoms in total. The molecule has 0 amide bonds. The van der Waals surface area contributed by atoms with E-state index in [2.05, 4.69) is 0 Å². The summed E-state index contributed by atoms with van der Waals surface area (Å²) in [5, 5.41) is 9.47. The summed E-state index contributed by atoms with van der Waals surface area (Å²) >= 11 is 0. The van der Waals surface area contributed by atoms with Gasteiger partial charge in [0.15, 0.2) is 6.61 Å². The van der Waals surface area contributed by atoms with E-state index in [0.717, 1.165) is 11.1 Å². The highest BCUT2D eigenvalue weighted by Crippen LogP contribution is 2.27. The highest BCUT2D eigenvalue weighted by Gasteiger charge is 2.16. The molecule has 150 valence electrons. The van der Waals surface area contributed by atoms with Crippen LogP contribution in [0.15, 0.2) is 66.7 Å². The lowest BCUT2D eigenvalue weighted by molar-refractivity contribution is 0.0914. The lowest BCUT2D eigenvalue weighted by atomic mass is 10.1. The smallest absolute Gasteiger partial charge is 0.203 e. The third kappa shape index (κ3) is 5.36. The van der Waals surface area contributed by atoms with Crippen LogP contribution in [-0.2, 0) is 13.2 Å². The van der Waals surface area contributed by atoms with Crippen LogP contribution in [-0.4, -0.2) is 24.6 Å². The lowest BCUT2D eigenvalue weighted by Crippen LogP contribution is -2.14. The van der Waals surface area contributed by atoms with Crippen molar-refractivity contribution in [2.75, 3.05) is 13.7 Å². The molecule has 3 aromatic rings. The molecule has 0 aliphatic rings. The number of hydrogen-bond donors (Lipinski definition) is 1. The Kier molecular flexibility index (Phi) is 6.87. The number of aryl methyl sites for hydroxylation is 1. The minimum Gasteiger partial charge on any atom is -0.497 e. The maximum atomic E-state index is 12.8. The molecule has 0 aliphatic carbocycles. The van der Waals surface area contributed by atoms with Crippen LogP contribution in [0, 0.1) is 6.92 Å². The summed E-state index contributed by atoms with van der Waals surface area (Å²) in [5.74, 6) is 1.32. The SMILES string of the molecule is COc1ccc(C(=O)COc2cc(C)ccc2CO)c(OCc2ccccc2)c1. The molecule has 0 bridgehead atoms. The van der Waals surface area contributed by atoms with Crippen molar-refractivity contribution in [3.63, 3.8) is 0 Å². The number of ether oxygens (including phenoxy) is 3. The lowest BCUT2D eigenvalue weighted by Gasteiger charge is -2.14.